The van der Waals surface area contributed by atoms with Crippen LogP contribution in [0.1, 0.15) is 26.1 Å². The Kier molecular flexibility index (Phi) is 8.16. The summed E-state index contributed by atoms with van der Waals surface area (Å²) in [5, 5.41) is 10.3. The van der Waals surface area contributed by atoms with E-state index in [2.05, 4.69) is 20.5 Å². The van der Waals surface area contributed by atoms with Gasteiger partial charge in [-0.3, -0.25) is 14.2 Å². The molecule has 0 spiro atoms. The lowest BCUT2D eigenvalue weighted by Crippen LogP contribution is -2.30. The summed E-state index contributed by atoms with van der Waals surface area (Å²) in [6.07, 6.45) is 1.73. The number of aromatic nitrogens is 3. The Morgan fingerprint density at radius 1 is 1.19 bits per heavy atom. The molecule has 1 heterocycles. The van der Waals surface area contributed by atoms with Crippen molar-refractivity contribution in [3.8, 4) is 0 Å². The third-order valence-electron chi connectivity index (χ3n) is 4.46. The van der Waals surface area contributed by atoms with Gasteiger partial charge in [0.25, 0.3) is 10.0 Å². The topological polar surface area (TPSA) is 108 Å². The number of nitrogens with one attached hydrogen (secondary N) is 2. The Labute approximate surface area is 196 Å². The number of amides is 1. The number of carbonyl (C=O) groups excluding carboxylic acids is 1. The third kappa shape index (κ3) is 5.81. The largest absolute Gasteiger partial charge is 0.324 e. The van der Waals surface area contributed by atoms with E-state index in [4.69, 9.17) is 11.6 Å². The van der Waals surface area contributed by atoms with E-state index in [9.17, 15) is 13.2 Å². The van der Waals surface area contributed by atoms with Crippen LogP contribution in [0, 0.1) is 0 Å². The van der Waals surface area contributed by atoms with Crippen molar-refractivity contribution < 1.29 is 13.2 Å². The second-order valence-electron chi connectivity index (χ2n) is 6.80. The highest BCUT2D eigenvalue weighted by Crippen LogP contribution is 2.29. The molecule has 3 aromatic rings. The van der Waals surface area contributed by atoms with Crippen molar-refractivity contribution in [3.05, 3.63) is 59.4 Å². The molecule has 3 rings (SSSR count). The molecule has 2 N–H and O–H groups in total. The minimum absolute atomic E-state index is 0.0359. The Morgan fingerprint density at radius 3 is 2.62 bits per heavy atom. The smallest absolute Gasteiger partial charge is 0.264 e. The molecule has 1 amide bonds. The van der Waals surface area contributed by atoms with Gasteiger partial charge in [0.2, 0.25) is 11.1 Å². The predicted octanol–water partition coefficient (Wildman–Crippen LogP) is 4.36. The van der Waals surface area contributed by atoms with Gasteiger partial charge in [0.1, 0.15) is 5.82 Å². The second-order valence-corrected chi connectivity index (χ2v) is 10.0. The minimum Gasteiger partial charge on any atom is -0.324 e. The summed E-state index contributed by atoms with van der Waals surface area (Å²) in [6.45, 7) is 4.06. The highest BCUT2D eigenvalue weighted by Gasteiger charge is 2.24. The molecule has 0 aliphatic rings. The first-order chi connectivity index (χ1) is 15.3. The van der Waals surface area contributed by atoms with E-state index >= 15 is 0 Å². The predicted molar refractivity (Wildman–Crippen MR) is 128 cm³/mol. The van der Waals surface area contributed by atoms with E-state index in [-0.39, 0.29) is 33.8 Å². The molecular formula is C21H24ClN5O3S2. The van der Waals surface area contributed by atoms with Crippen LogP contribution in [0.2, 0.25) is 5.02 Å². The monoisotopic (exact) mass is 493 g/mol. The van der Waals surface area contributed by atoms with Gasteiger partial charge < -0.3 is 5.32 Å². The summed E-state index contributed by atoms with van der Waals surface area (Å²) in [5.41, 5.74) is 0.782. The van der Waals surface area contributed by atoms with E-state index < -0.39 is 10.0 Å². The molecule has 0 saturated carbocycles. The van der Waals surface area contributed by atoms with Gasteiger partial charge in [0.15, 0.2) is 0 Å². The first-order valence-electron chi connectivity index (χ1n) is 10.1. The SMILES string of the molecule is CCCc1nc(SCC(=O)Nc2cc(S(=O)(=O)N(CC)c3ccccc3)ccc2Cl)n[nH]1. The highest BCUT2D eigenvalue weighted by atomic mass is 35.5. The molecule has 0 unspecified atom stereocenters. The number of thioether (sulfide) groups is 1. The maximum absolute atomic E-state index is 13.2. The number of aromatic amines is 1. The number of halogens is 1. The number of nitrogens with zero attached hydrogens (tertiary/aromatic N) is 3. The van der Waals surface area contributed by atoms with Crippen LogP contribution in [0.4, 0.5) is 11.4 Å². The van der Waals surface area contributed by atoms with E-state index in [0.29, 0.717) is 10.8 Å². The van der Waals surface area contributed by atoms with Gasteiger partial charge in [-0.2, -0.15) is 0 Å². The molecule has 2 aromatic carbocycles. The van der Waals surface area contributed by atoms with Crippen molar-refractivity contribution in [2.24, 2.45) is 0 Å². The number of benzene rings is 2. The number of hydrogen-bond acceptors (Lipinski definition) is 6. The van der Waals surface area contributed by atoms with Gasteiger partial charge >= 0.3 is 0 Å². The number of sulfonamides is 1. The van der Waals surface area contributed by atoms with Crippen molar-refractivity contribution in [2.45, 2.75) is 36.7 Å². The maximum atomic E-state index is 13.2. The minimum atomic E-state index is -3.84. The molecular weight excluding hydrogens is 470 g/mol. The van der Waals surface area contributed by atoms with E-state index in [1.165, 1.54) is 34.3 Å². The van der Waals surface area contributed by atoms with Crippen LogP contribution in [0.5, 0.6) is 0 Å². The fourth-order valence-corrected chi connectivity index (χ4v) is 5.26. The number of rotatable bonds is 10. The first kappa shape index (κ1) is 24.1. The third-order valence-corrected chi connectivity index (χ3v) is 7.54. The fourth-order valence-electron chi connectivity index (χ4n) is 2.98. The standard InChI is InChI=1S/C21H24ClN5O3S2/c1-3-8-19-24-21(26-25-19)31-14-20(28)23-18-13-16(11-12-17(18)22)32(29,30)27(4-2)15-9-6-5-7-10-15/h5-7,9-13H,3-4,8,14H2,1-2H3,(H,23,28)(H,24,25,26). The average Bonchev–Trinajstić information content (AvgIpc) is 3.22. The molecule has 0 bridgehead atoms. The lowest BCUT2D eigenvalue weighted by molar-refractivity contribution is -0.113. The molecule has 8 nitrogen and oxygen atoms in total. The van der Waals surface area contributed by atoms with Gasteiger partial charge in [0.05, 0.1) is 27.0 Å². The Balaban J connectivity index is 1.73. The molecule has 0 atom stereocenters. The van der Waals surface area contributed by atoms with Crippen LogP contribution in [0.15, 0.2) is 58.6 Å². The molecule has 0 fully saturated rings. The molecule has 1 aromatic heterocycles. The van der Waals surface area contributed by atoms with E-state index in [1.54, 1.807) is 31.2 Å². The normalized spacial score (nSPS) is 11.3. The summed E-state index contributed by atoms with van der Waals surface area (Å²) in [4.78, 5) is 16.8. The summed E-state index contributed by atoms with van der Waals surface area (Å²) < 4.78 is 27.8. The number of aryl methyl sites for hydroxylation is 1. The zero-order valence-electron chi connectivity index (χ0n) is 17.7. The van der Waals surface area contributed by atoms with Crippen LogP contribution < -0.4 is 9.62 Å². The van der Waals surface area contributed by atoms with Gasteiger partial charge in [0, 0.05) is 13.0 Å². The summed E-state index contributed by atoms with van der Waals surface area (Å²) in [7, 11) is -3.84. The molecule has 0 saturated heterocycles. The highest BCUT2D eigenvalue weighted by molar-refractivity contribution is 7.99. The van der Waals surface area contributed by atoms with Crippen LogP contribution in [0.25, 0.3) is 0 Å². The van der Waals surface area contributed by atoms with Gasteiger partial charge in [-0.15, -0.1) is 5.10 Å². The second kappa shape index (κ2) is 10.8. The lowest BCUT2D eigenvalue weighted by Gasteiger charge is -2.23. The van der Waals surface area contributed by atoms with Crippen molar-refractivity contribution in [1.29, 1.82) is 0 Å². The first-order valence-corrected chi connectivity index (χ1v) is 12.9. The zero-order valence-corrected chi connectivity index (χ0v) is 20.1. The van der Waals surface area contributed by atoms with Crippen LogP contribution in [-0.2, 0) is 21.2 Å². The molecule has 11 heteroatoms. The lowest BCUT2D eigenvalue weighted by atomic mass is 10.3. The van der Waals surface area contributed by atoms with E-state index in [0.717, 1.165) is 18.7 Å². The van der Waals surface area contributed by atoms with Crippen molar-refractivity contribution >= 4 is 50.7 Å². The fraction of sp³-hybridized carbons (Fsp3) is 0.286. The quantitative estimate of drug-likeness (QED) is 0.406. The summed E-state index contributed by atoms with van der Waals surface area (Å²) in [6, 6.07) is 13.1. The molecule has 32 heavy (non-hydrogen) atoms. The molecule has 170 valence electrons. The number of para-hydroxylation sites is 1. The van der Waals surface area contributed by atoms with E-state index in [1.807, 2.05) is 13.0 Å². The van der Waals surface area contributed by atoms with Crippen LogP contribution >= 0.6 is 23.4 Å². The van der Waals surface area contributed by atoms with Crippen molar-refractivity contribution in [3.63, 3.8) is 0 Å². The molecule has 0 aliphatic heterocycles. The summed E-state index contributed by atoms with van der Waals surface area (Å²) >= 11 is 7.40. The zero-order chi connectivity index (χ0) is 23.1. The number of hydrogen-bond donors (Lipinski definition) is 2. The average molecular weight is 494 g/mol. The number of carbonyl (C=O) groups is 1. The van der Waals surface area contributed by atoms with Crippen LogP contribution in [0.3, 0.4) is 0 Å². The maximum Gasteiger partial charge on any atom is 0.264 e. The van der Waals surface area contributed by atoms with Gasteiger partial charge in [-0.25, -0.2) is 13.4 Å². The van der Waals surface area contributed by atoms with Crippen LogP contribution in [-0.4, -0.2) is 41.8 Å². The molecule has 0 radical (unpaired) electrons. The van der Waals surface area contributed by atoms with Crippen molar-refractivity contribution in [1.82, 2.24) is 15.2 Å². The Bertz CT molecular complexity index is 1170. The Hall–Kier alpha value is -2.56. The van der Waals surface area contributed by atoms with Gasteiger partial charge in [-0.1, -0.05) is 48.5 Å². The van der Waals surface area contributed by atoms with Gasteiger partial charge in [-0.05, 0) is 43.7 Å². The molecule has 0 aliphatic carbocycles. The number of H-pyrrole nitrogens is 1. The Morgan fingerprint density at radius 2 is 1.94 bits per heavy atom. The van der Waals surface area contributed by atoms with Crippen molar-refractivity contribution in [2.75, 3.05) is 21.9 Å². The number of anilines is 2. The summed E-state index contributed by atoms with van der Waals surface area (Å²) in [5.74, 6) is 0.487.